The summed E-state index contributed by atoms with van der Waals surface area (Å²) >= 11 is 0. The Bertz CT molecular complexity index is 981. The number of hydrogen-bond acceptors (Lipinski definition) is 7. The van der Waals surface area contributed by atoms with E-state index in [1.165, 1.54) is 15.9 Å². The van der Waals surface area contributed by atoms with Gasteiger partial charge in [0.2, 0.25) is 5.91 Å². The molecule has 11 heteroatoms. The van der Waals surface area contributed by atoms with Gasteiger partial charge >= 0.3 is 5.97 Å². The van der Waals surface area contributed by atoms with Crippen LogP contribution in [0.4, 0.5) is 0 Å². The molecule has 0 aromatic rings. The number of carboxylic acid groups (broad SMARTS) is 1. The molecular formula is C24H34N6O5. The van der Waals surface area contributed by atoms with Crippen molar-refractivity contribution in [2.24, 2.45) is 15.7 Å². The lowest BCUT2D eigenvalue weighted by molar-refractivity contribution is -0.151. The highest BCUT2D eigenvalue weighted by molar-refractivity contribution is 6.46. The quantitative estimate of drug-likeness (QED) is 0.278. The van der Waals surface area contributed by atoms with Gasteiger partial charge in [-0.1, -0.05) is 26.2 Å². The molecule has 2 heterocycles. The molecule has 11 nitrogen and oxygen atoms in total. The molecule has 4 N–H and O–H groups in total. The van der Waals surface area contributed by atoms with Crippen molar-refractivity contribution in [1.29, 1.82) is 5.41 Å². The van der Waals surface area contributed by atoms with Crippen LogP contribution >= 0.6 is 0 Å². The lowest BCUT2D eigenvalue weighted by atomic mass is 9.93. The van der Waals surface area contributed by atoms with E-state index in [2.05, 4.69) is 9.98 Å². The smallest absolute Gasteiger partial charge is 0.347 e. The molecule has 0 aromatic carbocycles. The molecule has 3 amide bonds. The number of hydrogen-bond donors (Lipinski definition) is 3. The maximum atomic E-state index is 13.8. The van der Waals surface area contributed by atoms with Crippen LogP contribution in [0.25, 0.3) is 0 Å². The Morgan fingerprint density at radius 1 is 1.29 bits per heavy atom. The number of nitrogens with zero attached hydrogens (tertiary/aromatic N) is 4. The van der Waals surface area contributed by atoms with Crippen molar-refractivity contribution in [2.75, 3.05) is 6.54 Å². The number of amides is 3. The van der Waals surface area contributed by atoms with Crippen LogP contribution in [-0.4, -0.2) is 86.6 Å². The molecule has 35 heavy (non-hydrogen) atoms. The van der Waals surface area contributed by atoms with Crippen LogP contribution in [0, 0.1) is 5.41 Å². The lowest BCUT2D eigenvalue weighted by Crippen LogP contribution is -2.56. The van der Waals surface area contributed by atoms with Crippen molar-refractivity contribution in [1.82, 2.24) is 9.80 Å². The van der Waals surface area contributed by atoms with Gasteiger partial charge in [-0.05, 0) is 51.2 Å². The minimum absolute atomic E-state index is 0.0177. The van der Waals surface area contributed by atoms with Gasteiger partial charge in [0.1, 0.15) is 23.5 Å². The monoisotopic (exact) mass is 486 g/mol. The Balaban J connectivity index is 1.92. The molecule has 0 aromatic heterocycles. The van der Waals surface area contributed by atoms with Crippen LogP contribution in [0.2, 0.25) is 0 Å². The van der Waals surface area contributed by atoms with Gasteiger partial charge in [0.15, 0.2) is 5.84 Å². The van der Waals surface area contributed by atoms with Gasteiger partial charge in [0.05, 0.1) is 6.04 Å². The van der Waals surface area contributed by atoms with Crippen LogP contribution in [0.1, 0.15) is 65.2 Å². The van der Waals surface area contributed by atoms with Crippen LogP contribution < -0.4 is 5.73 Å². The summed E-state index contributed by atoms with van der Waals surface area (Å²) in [5.41, 5.74) is 4.54. The van der Waals surface area contributed by atoms with E-state index in [1.54, 1.807) is 19.9 Å². The first kappa shape index (κ1) is 26.4. The standard InChI is InChI=1S/C24H34N6O5/c1-3-24(23(26)27-14-19(31)32)12-11-17(28-24)21(34)30(16-8-5-4-6-9-16)22(35)18-10-7-13-29(18)20(33)15(2)25/h11-12,14-16,18,26H,3-10,13,25H2,1-2H3,(H,31,32)/t15-,18-,24?/m0/s1. The Morgan fingerprint density at radius 2 is 1.97 bits per heavy atom. The molecule has 0 spiro atoms. The zero-order valence-corrected chi connectivity index (χ0v) is 20.3. The number of carbonyl (C=O) groups excluding carboxylic acids is 3. The number of aliphatic carboxylic acids is 1. The molecule has 1 unspecified atom stereocenters. The largest absolute Gasteiger partial charge is 0.477 e. The molecule has 3 atom stereocenters. The Hall–Kier alpha value is -3.21. The molecule has 2 fully saturated rings. The van der Waals surface area contributed by atoms with Gasteiger partial charge in [0, 0.05) is 12.6 Å². The summed E-state index contributed by atoms with van der Waals surface area (Å²) in [6, 6.07) is -1.79. The fraction of sp³-hybridized carbons (Fsp3) is 0.625. The predicted molar refractivity (Wildman–Crippen MR) is 131 cm³/mol. The van der Waals surface area contributed by atoms with Gasteiger partial charge in [0.25, 0.3) is 11.8 Å². The second-order valence-corrected chi connectivity index (χ2v) is 9.34. The highest BCUT2D eigenvalue weighted by Crippen LogP contribution is 2.30. The van der Waals surface area contributed by atoms with Gasteiger partial charge in [-0.2, -0.15) is 0 Å². The van der Waals surface area contributed by atoms with Gasteiger partial charge in [-0.25, -0.2) is 9.79 Å². The maximum absolute atomic E-state index is 13.8. The first-order valence-corrected chi connectivity index (χ1v) is 12.2. The number of carboxylic acids is 1. The van der Waals surface area contributed by atoms with E-state index in [9.17, 15) is 19.2 Å². The molecule has 2 aliphatic heterocycles. The number of rotatable bonds is 7. The summed E-state index contributed by atoms with van der Waals surface area (Å²) in [7, 11) is 0. The highest BCUT2D eigenvalue weighted by atomic mass is 16.4. The van der Waals surface area contributed by atoms with E-state index in [-0.39, 0.29) is 29.9 Å². The van der Waals surface area contributed by atoms with Crippen molar-refractivity contribution in [3.05, 3.63) is 12.2 Å². The number of nitrogens with two attached hydrogens (primary N) is 1. The summed E-state index contributed by atoms with van der Waals surface area (Å²) in [5.74, 6) is -2.90. The zero-order valence-electron chi connectivity index (χ0n) is 20.3. The van der Waals surface area contributed by atoms with Crippen molar-refractivity contribution < 1.29 is 24.3 Å². The molecule has 3 rings (SSSR count). The third-order valence-corrected chi connectivity index (χ3v) is 6.92. The first-order chi connectivity index (χ1) is 16.6. The van der Waals surface area contributed by atoms with E-state index in [4.69, 9.17) is 16.2 Å². The Labute approximate surface area is 204 Å². The van der Waals surface area contributed by atoms with Crippen LogP contribution in [0.15, 0.2) is 22.1 Å². The van der Waals surface area contributed by atoms with E-state index < -0.39 is 35.4 Å². The van der Waals surface area contributed by atoms with Crippen molar-refractivity contribution in [3.63, 3.8) is 0 Å². The fourth-order valence-electron chi connectivity index (χ4n) is 4.97. The van der Waals surface area contributed by atoms with E-state index >= 15 is 0 Å². The minimum Gasteiger partial charge on any atom is -0.477 e. The fourth-order valence-corrected chi connectivity index (χ4v) is 4.97. The molecule has 1 aliphatic carbocycles. The molecular weight excluding hydrogens is 452 g/mol. The third kappa shape index (κ3) is 5.55. The molecule has 1 saturated heterocycles. The molecule has 0 radical (unpaired) electrons. The number of nitrogens with one attached hydrogen (secondary N) is 1. The van der Waals surface area contributed by atoms with Gasteiger partial charge < -0.3 is 15.7 Å². The summed E-state index contributed by atoms with van der Waals surface area (Å²) in [4.78, 5) is 61.9. The van der Waals surface area contributed by atoms with Crippen molar-refractivity contribution >= 4 is 41.5 Å². The summed E-state index contributed by atoms with van der Waals surface area (Å²) in [6.45, 7) is 3.75. The van der Waals surface area contributed by atoms with Gasteiger partial charge in [-0.3, -0.25) is 29.7 Å². The lowest BCUT2D eigenvalue weighted by Gasteiger charge is -2.36. The average Bonchev–Trinajstić information content (AvgIpc) is 3.51. The molecule has 0 bridgehead atoms. The Kier molecular flexibility index (Phi) is 8.31. The second kappa shape index (κ2) is 11.0. The first-order valence-electron chi connectivity index (χ1n) is 12.2. The summed E-state index contributed by atoms with van der Waals surface area (Å²) < 4.78 is 0. The van der Waals surface area contributed by atoms with E-state index in [0.717, 1.165) is 19.3 Å². The predicted octanol–water partition coefficient (Wildman–Crippen LogP) is 1.30. The maximum Gasteiger partial charge on any atom is 0.347 e. The second-order valence-electron chi connectivity index (χ2n) is 9.34. The number of likely N-dealkylation sites (tertiary alicyclic amines) is 1. The summed E-state index contributed by atoms with van der Waals surface area (Å²) in [5, 5.41) is 17.1. The molecule has 3 aliphatic rings. The van der Waals surface area contributed by atoms with E-state index in [0.29, 0.717) is 38.4 Å². The van der Waals surface area contributed by atoms with Crippen LogP contribution in [0.3, 0.4) is 0 Å². The van der Waals surface area contributed by atoms with Crippen LogP contribution in [-0.2, 0) is 19.2 Å². The van der Waals surface area contributed by atoms with Crippen molar-refractivity contribution in [2.45, 2.75) is 88.9 Å². The topological polar surface area (TPSA) is 170 Å². The van der Waals surface area contributed by atoms with Gasteiger partial charge in [-0.15, -0.1) is 0 Å². The minimum atomic E-state index is -1.29. The average molecular weight is 487 g/mol. The summed E-state index contributed by atoms with van der Waals surface area (Å²) in [6.07, 6.45) is 9.22. The van der Waals surface area contributed by atoms with Crippen molar-refractivity contribution in [3.8, 4) is 0 Å². The number of amidine groups is 1. The number of aliphatic imine (C=N–C) groups is 2. The zero-order chi connectivity index (χ0) is 25.8. The normalized spacial score (nSPS) is 25.5. The highest BCUT2D eigenvalue weighted by Gasteiger charge is 2.44. The molecule has 1 saturated carbocycles. The SMILES string of the molecule is CCC1(C(=N)N=CC(=O)O)C=CC(C(=O)N(C(=O)[C@@H]2CCCN2C(=O)[C@H](C)N)C2CCCCC2)=N1. The van der Waals surface area contributed by atoms with E-state index in [1.807, 2.05) is 0 Å². The molecule has 190 valence electrons. The third-order valence-electron chi connectivity index (χ3n) is 6.92. The Morgan fingerprint density at radius 3 is 2.57 bits per heavy atom. The number of carbonyl (C=O) groups is 4. The number of imide groups is 1. The van der Waals surface area contributed by atoms with Crippen LogP contribution in [0.5, 0.6) is 0 Å².